The van der Waals surface area contributed by atoms with Crippen LogP contribution < -0.4 is 5.32 Å². The van der Waals surface area contributed by atoms with Crippen LogP contribution in [-0.2, 0) is 17.6 Å². The molecule has 2 aliphatic rings. The van der Waals surface area contributed by atoms with Gasteiger partial charge < -0.3 is 10.1 Å². The Labute approximate surface area is 120 Å². The van der Waals surface area contributed by atoms with Gasteiger partial charge in [-0.05, 0) is 67.7 Å². The van der Waals surface area contributed by atoms with Crippen LogP contribution in [0, 0.1) is 5.92 Å². The average molecular weight is 273 g/mol. The molecule has 1 fully saturated rings. The average Bonchev–Trinajstić information content (AvgIpc) is 2.95. The number of fused-ring (bicyclic) bond motifs is 1. The highest BCUT2D eigenvalue weighted by Crippen LogP contribution is 2.22. The third-order valence-electron chi connectivity index (χ3n) is 4.45. The first-order chi connectivity index (χ1) is 9.83. The van der Waals surface area contributed by atoms with Crippen molar-refractivity contribution in [3.63, 3.8) is 0 Å². The van der Waals surface area contributed by atoms with Crippen LogP contribution in [0.25, 0.3) is 0 Å². The van der Waals surface area contributed by atoms with E-state index in [1.807, 2.05) is 6.07 Å². The number of ether oxygens (including phenoxy) is 1. The number of benzene rings is 1. The Balaban J connectivity index is 1.49. The largest absolute Gasteiger partial charge is 0.381 e. The number of nitrogens with one attached hydrogen (secondary N) is 1. The fourth-order valence-electron chi connectivity index (χ4n) is 3.24. The molecule has 0 unspecified atom stereocenters. The van der Waals surface area contributed by atoms with Crippen LogP contribution in [-0.4, -0.2) is 25.7 Å². The summed E-state index contributed by atoms with van der Waals surface area (Å²) >= 11 is 0. The Hall–Kier alpha value is -1.35. The summed E-state index contributed by atoms with van der Waals surface area (Å²) in [6.45, 7) is 2.51. The fourth-order valence-corrected chi connectivity index (χ4v) is 3.24. The highest BCUT2D eigenvalue weighted by Gasteiger charge is 2.16. The molecule has 0 radical (unpaired) electrons. The SMILES string of the molecule is O=C(NCC[C@H]1CCCOC1)c1ccc2c(c1)CCC2. The molecule has 1 aliphatic heterocycles. The van der Waals surface area contributed by atoms with Gasteiger partial charge in [-0.3, -0.25) is 4.79 Å². The molecule has 1 aromatic carbocycles. The topological polar surface area (TPSA) is 38.3 Å². The normalized spacial score (nSPS) is 21.5. The first-order valence-electron chi connectivity index (χ1n) is 7.80. The highest BCUT2D eigenvalue weighted by atomic mass is 16.5. The molecule has 0 bridgehead atoms. The summed E-state index contributed by atoms with van der Waals surface area (Å²) < 4.78 is 5.46. The molecule has 0 aromatic heterocycles. The maximum atomic E-state index is 12.1. The van der Waals surface area contributed by atoms with Crippen LogP contribution in [0.1, 0.15) is 47.2 Å². The summed E-state index contributed by atoms with van der Waals surface area (Å²) in [6.07, 6.45) is 6.92. The summed E-state index contributed by atoms with van der Waals surface area (Å²) in [5.74, 6) is 0.681. The number of hydrogen-bond acceptors (Lipinski definition) is 2. The van der Waals surface area contributed by atoms with Gasteiger partial charge in [0.15, 0.2) is 0 Å². The van der Waals surface area contributed by atoms with Crippen molar-refractivity contribution in [2.45, 2.75) is 38.5 Å². The van der Waals surface area contributed by atoms with Crippen molar-refractivity contribution < 1.29 is 9.53 Å². The van der Waals surface area contributed by atoms with Crippen LogP contribution >= 0.6 is 0 Å². The third kappa shape index (κ3) is 3.21. The summed E-state index contributed by atoms with van der Waals surface area (Å²) in [5, 5.41) is 3.04. The molecule has 3 rings (SSSR count). The molecule has 1 atom stereocenters. The molecule has 3 heteroatoms. The maximum Gasteiger partial charge on any atom is 0.251 e. The van der Waals surface area contributed by atoms with Gasteiger partial charge in [-0.15, -0.1) is 0 Å². The fraction of sp³-hybridized carbons (Fsp3) is 0.588. The van der Waals surface area contributed by atoms with Gasteiger partial charge in [0.25, 0.3) is 5.91 Å². The van der Waals surface area contributed by atoms with Gasteiger partial charge in [0.1, 0.15) is 0 Å². The predicted octanol–water partition coefficient (Wildman–Crippen LogP) is 2.72. The van der Waals surface area contributed by atoms with E-state index in [9.17, 15) is 4.79 Å². The van der Waals surface area contributed by atoms with E-state index in [-0.39, 0.29) is 5.91 Å². The van der Waals surface area contributed by atoms with Gasteiger partial charge in [-0.25, -0.2) is 0 Å². The molecule has 0 saturated carbocycles. The minimum Gasteiger partial charge on any atom is -0.381 e. The Morgan fingerprint density at radius 2 is 2.15 bits per heavy atom. The van der Waals surface area contributed by atoms with Gasteiger partial charge in [0.05, 0.1) is 0 Å². The van der Waals surface area contributed by atoms with E-state index in [4.69, 9.17) is 4.74 Å². The molecular weight excluding hydrogens is 250 g/mol. The highest BCUT2D eigenvalue weighted by molar-refractivity contribution is 5.94. The molecule has 1 saturated heterocycles. The van der Waals surface area contributed by atoms with E-state index in [1.54, 1.807) is 0 Å². The number of rotatable bonds is 4. The van der Waals surface area contributed by atoms with E-state index in [2.05, 4.69) is 17.4 Å². The zero-order valence-electron chi connectivity index (χ0n) is 12.0. The van der Waals surface area contributed by atoms with Crippen molar-refractivity contribution in [1.82, 2.24) is 5.32 Å². The first kappa shape index (κ1) is 13.6. The molecule has 0 spiro atoms. The summed E-state index contributed by atoms with van der Waals surface area (Å²) in [6, 6.07) is 6.15. The molecule has 1 heterocycles. The third-order valence-corrected chi connectivity index (χ3v) is 4.45. The Morgan fingerprint density at radius 1 is 1.25 bits per heavy atom. The van der Waals surface area contributed by atoms with Crippen molar-refractivity contribution in [2.75, 3.05) is 19.8 Å². The van der Waals surface area contributed by atoms with Crippen molar-refractivity contribution in [1.29, 1.82) is 0 Å². The van der Waals surface area contributed by atoms with Crippen LogP contribution in [0.4, 0.5) is 0 Å². The number of amides is 1. The summed E-state index contributed by atoms with van der Waals surface area (Å²) in [5.41, 5.74) is 3.59. The van der Waals surface area contributed by atoms with Crippen molar-refractivity contribution in [2.24, 2.45) is 5.92 Å². The lowest BCUT2D eigenvalue weighted by Crippen LogP contribution is -2.28. The maximum absolute atomic E-state index is 12.1. The number of aryl methyl sites for hydroxylation is 2. The Morgan fingerprint density at radius 3 is 3.00 bits per heavy atom. The van der Waals surface area contributed by atoms with E-state index in [0.29, 0.717) is 5.92 Å². The van der Waals surface area contributed by atoms with Crippen LogP contribution in [0.2, 0.25) is 0 Å². The standard InChI is InChI=1S/C17H23NO2/c19-17(18-9-8-13-3-2-10-20-12-13)16-7-6-14-4-1-5-15(14)11-16/h6-7,11,13H,1-5,8-10,12H2,(H,18,19)/t13-/m1/s1. The molecule has 1 N–H and O–H groups in total. The molecule has 108 valence electrons. The van der Waals surface area contributed by atoms with Gasteiger partial charge in [-0.1, -0.05) is 6.07 Å². The number of carbonyl (C=O) groups excluding carboxylic acids is 1. The zero-order valence-corrected chi connectivity index (χ0v) is 12.0. The number of carbonyl (C=O) groups is 1. The molecule has 1 aromatic rings. The van der Waals surface area contributed by atoms with Gasteiger partial charge in [0.2, 0.25) is 0 Å². The molecule has 3 nitrogen and oxygen atoms in total. The second-order valence-corrected chi connectivity index (χ2v) is 5.96. The van der Waals surface area contributed by atoms with E-state index >= 15 is 0 Å². The van der Waals surface area contributed by atoms with Crippen molar-refractivity contribution in [3.05, 3.63) is 34.9 Å². The smallest absolute Gasteiger partial charge is 0.251 e. The van der Waals surface area contributed by atoms with Crippen LogP contribution in [0.5, 0.6) is 0 Å². The van der Waals surface area contributed by atoms with E-state index in [0.717, 1.165) is 44.6 Å². The van der Waals surface area contributed by atoms with Gasteiger partial charge >= 0.3 is 0 Å². The number of hydrogen-bond donors (Lipinski definition) is 1. The van der Waals surface area contributed by atoms with Crippen molar-refractivity contribution in [3.8, 4) is 0 Å². The quantitative estimate of drug-likeness (QED) is 0.916. The second-order valence-electron chi connectivity index (χ2n) is 5.96. The van der Waals surface area contributed by atoms with E-state index < -0.39 is 0 Å². The lowest BCUT2D eigenvalue weighted by Gasteiger charge is -2.21. The lowest BCUT2D eigenvalue weighted by atomic mass is 9.98. The summed E-state index contributed by atoms with van der Waals surface area (Å²) in [7, 11) is 0. The molecule has 1 amide bonds. The minimum absolute atomic E-state index is 0.0661. The van der Waals surface area contributed by atoms with Crippen LogP contribution in [0.15, 0.2) is 18.2 Å². The van der Waals surface area contributed by atoms with E-state index in [1.165, 1.54) is 30.4 Å². The molecular formula is C17H23NO2. The Kier molecular flexibility index (Phi) is 4.36. The lowest BCUT2D eigenvalue weighted by molar-refractivity contribution is 0.0514. The molecule has 20 heavy (non-hydrogen) atoms. The van der Waals surface area contributed by atoms with Crippen molar-refractivity contribution >= 4 is 5.91 Å². The summed E-state index contributed by atoms with van der Waals surface area (Å²) in [4.78, 5) is 12.1. The zero-order chi connectivity index (χ0) is 13.8. The van der Waals surface area contributed by atoms with Crippen LogP contribution in [0.3, 0.4) is 0 Å². The van der Waals surface area contributed by atoms with Gasteiger partial charge in [0, 0.05) is 25.3 Å². The predicted molar refractivity (Wildman–Crippen MR) is 79.0 cm³/mol. The minimum atomic E-state index is 0.0661. The first-order valence-corrected chi connectivity index (χ1v) is 7.80. The monoisotopic (exact) mass is 273 g/mol. The second kappa shape index (κ2) is 6.40. The Bertz CT molecular complexity index is 478. The molecule has 1 aliphatic carbocycles. The van der Waals surface area contributed by atoms with Gasteiger partial charge in [-0.2, -0.15) is 0 Å².